The first-order chi connectivity index (χ1) is 11.6. The number of hydrogen-bond acceptors (Lipinski definition) is 5. The number of hydrogen-bond donors (Lipinski definition) is 1. The minimum Gasteiger partial charge on any atom is -0.267 e. The monoisotopic (exact) mass is 399 g/mol. The lowest BCUT2D eigenvalue weighted by Gasteiger charge is -2.13. The number of anilines is 1. The number of benzene rings is 2. The summed E-state index contributed by atoms with van der Waals surface area (Å²) in [4.78, 5) is 29.1. The van der Waals surface area contributed by atoms with Crippen molar-refractivity contribution in [1.29, 1.82) is 0 Å². The molecule has 2 aromatic carbocycles. The Hall–Kier alpha value is -2.51. The Morgan fingerprint density at radius 2 is 1.58 bits per heavy atom. The van der Waals surface area contributed by atoms with Crippen LogP contribution in [0.5, 0.6) is 0 Å². The van der Waals surface area contributed by atoms with E-state index in [4.69, 9.17) is 0 Å². The number of carbonyl (C=O) groups excluding carboxylic acids is 2. The number of nitrogens with one attached hydrogen (secondary N) is 1. The van der Waals surface area contributed by atoms with E-state index in [-0.39, 0.29) is 11.8 Å². The summed E-state index contributed by atoms with van der Waals surface area (Å²) in [5.74, 6) is -0.730. The third kappa shape index (κ3) is 2.51. The van der Waals surface area contributed by atoms with Crippen molar-refractivity contribution in [3.05, 3.63) is 69.5 Å². The molecule has 1 N–H and O–H groups in total. The van der Waals surface area contributed by atoms with Crippen LogP contribution in [0.1, 0.15) is 20.7 Å². The zero-order valence-corrected chi connectivity index (χ0v) is 14.6. The molecular formula is C17H10BrN3O2S. The Labute approximate surface area is 150 Å². The third-order valence-corrected chi connectivity index (χ3v) is 4.92. The van der Waals surface area contributed by atoms with Gasteiger partial charge in [-0.1, -0.05) is 40.2 Å². The average molecular weight is 400 g/mol. The van der Waals surface area contributed by atoms with Crippen molar-refractivity contribution in [2.45, 2.75) is 0 Å². The predicted molar refractivity (Wildman–Crippen MR) is 95.8 cm³/mol. The third-order valence-electron chi connectivity index (χ3n) is 3.65. The zero-order chi connectivity index (χ0) is 16.7. The van der Waals surface area contributed by atoms with Gasteiger partial charge in [-0.15, -0.1) is 11.3 Å². The molecule has 5 nitrogen and oxygen atoms in total. The van der Waals surface area contributed by atoms with Gasteiger partial charge in [-0.2, -0.15) is 5.01 Å². The van der Waals surface area contributed by atoms with Gasteiger partial charge < -0.3 is 0 Å². The number of amides is 2. The number of carbonyl (C=O) groups is 2. The fourth-order valence-corrected chi connectivity index (χ4v) is 3.44. The summed E-state index contributed by atoms with van der Waals surface area (Å²) in [6.07, 6.45) is 0. The fraction of sp³-hybridized carbons (Fsp3) is 0. The van der Waals surface area contributed by atoms with Gasteiger partial charge in [0.05, 0.1) is 16.8 Å². The minimum atomic E-state index is -0.365. The molecular weight excluding hydrogens is 390 g/mol. The van der Waals surface area contributed by atoms with Crippen LogP contribution >= 0.6 is 27.3 Å². The van der Waals surface area contributed by atoms with Crippen LogP contribution in [-0.2, 0) is 0 Å². The molecule has 0 spiro atoms. The van der Waals surface area contributed by atoms with Crippen LogP contribution in [0.4, 0.5) is 5.13 Å². The van der Waals surface area contributed by atoms with Gasteiger partial charge in [0.2, 0.25) is 5.13 Å². The first-order valence-corrected chi connectivity index (χ1v) is 8.77. The van der Waals surface area contributed by atoms with E-state index in [0.29, 0.717) is 16.3 Å². The summed E-state index contributed by atoms with van der Waals surface area (Å²) in [5.41, 5.74) is 5.37. The molecule has 2 heterocycles. The molecule has 7 heteroatoms. The molecule has 1 aliphatic rings. The Morgan fingerprint density at radius 1 is 0.958 bits per heavy atom. The Bertz CT molecular complexity index is 917. The van der Waals surface area contributed by atoms with Crippen molar-refractivity contribution < 1.29 is 9.59 Å². The number of hydrazine groups is 1. The quantitative estimate of drug-likeness (QED) is 0.670. The van der Waals surface area contributed by atoms with E-state index in [1.807, 2.05) is 29.6 Å². The molecule has 0 saturated heterocycles. The van der Waals surface area contributed by atoms with Crippen molar-refractivity contribution in [3.8, 4) is 11.3 Å². The largest absolute Gasteiger partial charge is 0.280 e. The lowest BCUT2D eigenvalue weighted by molar-refractivity contribution is 0.0691. The van der Waals surface area contributed by atoms with Gasteiger partial charge in [-0.25, -0.2) is 4.98 Å². The Balaban J connectivity index is 1.58. The highest BCUT2D eigenvalue weighted by Gasteiger charge is 2.36. The van der Waals surface area contributed by atoms with E-state index in [1.165, 1.54) is 11.3 Å². The predicted octanol–water partition coefficient (Wildman–Crippen LogP) is 4.20. The molecule has 24 heavy (non-hydrogen) atoms. The molecule has 0 unspecified atom stereocenters. The molecule has 3 aromatic rings. The van der Waals surface area contributed by atoms with E-state index >= 15 is 0 Å². The average Bonchev–Trinajstić information content (AvgIpc) is 3.16. The number of halogens is 1. The lowest BCUT2D eigenvalue weighted by atomic mass is 10.1. The Morgan fingerprint density at radius 3 is 2.21 bits per heavy atom. The van der Waals surface area contributed by atoms with E-state index < -0.39 is 0 Å². The second-order valence-corrected chi connectivity index (χ2v) is 6.92. The molecule has 1 aliphatic heterocycles. The number of fused-ring (bicyclic) bond motifs is 1. The normalized spacial score (nSPS) is 13.3. The maximum atomic E-state index is 12.3. The topological polar surface area (TPSA) is 62.3 Å². The van der Waals surface area contributed by atoms with Crippen LogP contribution in [0, 0.1) is 0 Å². The molecule has 0 aliphatic carbocycles. The molecule has 118 valence electrons. The van der Waals surface area contributed by atoms with Gasteiger partial charge in [-0.05, 0) is 24.3 Å². The summed E-state index contributed by atoms with van der Waals surface area (Å²) in [7, 11) is 0. The zero-order valence-electron chi connectivity index (χ0n) is 12.2. The van der Waals surface area contributed by atoms with Crippen molar-refractivity contribution in [3.63, 3.8) is 0 Å². The number of nitrogens with zero attached hydrogens (tertiary/aromatic N) is 2. The Kier molecular flexibility index (Phi) is 3.66. The van der Waals surface area contributed by atoms with Crippen LogP contribution in [-0.4, -0.2) is 21.8 Å². The second-order valence-electron chi connectivity index (χ2n) is 5.15. The van der Waals surface area contributed by atoms with Crippen molar-refractivity contribution in [2.75, 3.05) is 5.43 Å². The van der Waals surface area contributed by atoms with Crippen LogP contribution in [0.3, 0.4) is 0 Å². The highest BCUT2D eigenvalue weighted by Crippen LogP contribution is 2.28. The van der Waals surface area contributed by atoms with E-state index in [0.717, 1.165) is 20.7 Å². The summed E-state index contributed by atoms with van der Waals surface area (Å²) in [6, 6.07) is 14.5. The molecule has 1 aromatic heterocycles. The SMILES string of the molecule is O=C1c2ccccc2C(=O)N1Nc1nc(-c2ccc(Br)cc2)cs1. The van der Waals surface area contributed by atoms with Crippen LogP contribution in [0.2, 0.25) is 0 Å². The highest BCUT2D eigenvalue weighted by atomic mass is 79.9. The van der Waals surface area contributed by atoms with Crippen molar-refractivity contribution in [1.82, 2.24) is 9.99 Å². The summed E-state index contributed by atoms with van der Waals surface area (Å²) >= 11 is 4.74. The van der Waals surface area contributed by atoms with Crippen LogP contribution in [0.25, 0.3) is 11.3 Å². The van der Waals surface area contributed by atoms with E-state index in [9.17, 15) is 9.59 Å². The number of thiazole rings is 1. The van der Waals surface area contributed by atoms with Gasteiger partial charge >= 0.3 is 0 Å². The first-order valence-electron chi connectivity index (χ1n) is 7.09. The lowest BCUT2D eigenvalue weighted by Crippen LogP contribution is -2.35. The molecule has 0 bridgehead atoms. The molecule has 0 fully saturated rings. The van der Waals surface area contributed by atoms with Crippen molar-refractivity contribution >= 4 is 44.2 Å². The van der Waals surface area contributed by atoms with Gasteiger partial charge in [-0.3, -0.25) is 15.0 Å². The molecule has 0 saturated carbocycles. The molecule has 4 rings (SSSR count). The maximum absolute atomic E-state index is 12.3. The molecule has 2 amide bonds. The number of imide groups is 1. The number of rotatable bonds is 3. The van der Waals surface area contributed by atoms with Crippen LogP contribution in [0.15, 0.2) is 58.4 Å². The summed E-state index contributed by atoms with van der Waals surface area (Å²) in [6.45, 7) is 0. The number of aromatic nitrogens is 1. The van der Waals surface area contributed by atoms with Gasteiger partial charge in [0.25, 0.3) is 11.8 Å². The smallest absolute Gasteiger partial charge is 0.267 e. The molecule has 0 radical (unpaired) electrons. The highest BCUT2D eigenvalue weighted by molar-refractivity contribution is 9.10. The van der Waals surface area contributed by atoms with Gasteiger partial charge in [0.1, 0.15) is 0 Å². The van der Waals surface area contributed by atoms with E-state index in [1.54, 1.807) is 24.3 Å². The summed E-state index contributed by atoms with van der Waals surface area (Å²) in [5, 5.41) is 3.38. The standard InChI is InChI=1S/C17H10BrN3O2S/c18-11-7-5-10(6-8-11)14-9-24-17(19-14)20-21-15(22)12-3-1-2-4-13(12)16(21)23/h1-9H,(H,19,20). The second kappa shape index (κ2) is 5.85. The summed E-state index contributed by atoms with van der Waals surface area (Å²) < 4.78 is 0.992. The van der Waals surface area contributed by atoms with Gasteiger partial charge in [0.15, 0.2) is 0 Å². The molecule has 0 atom stereocenters. The van der Waals surface area contributed by atoms with Crippen LogP contribution < -0.4 is 5.43 Å². The van der Waals surface area contributed by atoms with Crippen molar-refractivity contribution in [2.24, 2.45) is 0 Å². The van der Waals surface area contributed by atoms with Gasteiger partial charge in [0, 0.05) is 15.4 Å². The fourth-order valence-electron chi connectivity index (χ4n) is 2.46. The maximum Gasteiger partial charge on any atom is 0.280 e. The van der Waals surface area contributed by atoms with E-state index in [2.05, 4.69) is 26.3 Å². The minimum absolute atomic E-state index is 0.365. The first kappa shape index (κ1) is 15.0.